The van der Waals surface area contributed by atoms with Crippen molar-refractivity contribution < 1.29 is 0 Å². The van der Waals surface area contributed by atoms with E-state index in [1.165, 1.54) is 0 Å². The molecule has 0 radical (unpaired) electrons. The van der Waals surface area contributed by atoms with E-state index in [9.17, 15) is 0 Å². The van der Waals surface area contributed by atoms with E-state index in [4.69, 9.17) is 5.41 Å². The Morgan fingerprint density at radius 1 is 1.60 bits per heavy atom. The number of amidine groups is 1. The highest BCUT2D eigenvalue weighted by Gasteiger charge is 2.14. The fraction of sp³-hybridized carbons (Fsp3) is 0.500. The van der Waals surface area contributed by atoms with Crippen LogP contribution in [0, 0.1) is 10.8 Å². The first-order chi connectivity index (χ1) is 4.60. The summed E-state index contributed by atoms with van der Waals surface area (Å²) in [6, 6.07) is 0. The molecule has 2 heteroatoms. The molecule has 54 valence electrons. The average Bonchev–Trinajstić information content (AvgIpc) is 1.94. The van der Waals surface area contributed by atoms with Crippen LogP contribution in [0.15, 0.2) is 17.1 Å². The lowest BCUT2D eigenvalue weighted by Crippen LogP contribution is -2.10. The number of allylic oxidation sites excluding steroid dienone is 1. The maximum Gasteiger partial charge on any atom is 0.143 e. The molecule has 1 rings (SSSR count). The zero-order valence-corrected chi connectivity index (χ0v) is 6.39. The van der Waals surface area contributed by atoms with E-state index in [1.54, 1.807) is 6.08 Å². The van der Waals surface area contributed by atoms with Gasteiger partial charge in [-0.05, 0) is 12.5 Å². The Bertz CT molecular complexity index is 199. The van der Waals surface area contributed by atoms with Crippen LogP contribution in [0.2, 0.25) is 0 Å². The first-order valence-electron chi connectivity index (χ1n) is 3.40. The number of nitrogens with zero attached hydrogens (tertiary/aromatic N) is 1. The predicted molar refractivity (Wildman–Crippen MR) is 43.8 cm³/mol. The van der Waals surface area contributed by atoms with Crippen LogP contribution >= 0.6 is 0 Å². The van der Waals surface area contributed by atoms with Crippen LogP contribution in [-0.2, 0) is 0 Å². The number of hydrogen-bond acceptors (Lipinski definition) is 1. The van der Waals surface area contributed by atoms with Gasteiger partial charge in [0.25, 0.3) is 0 Å². The topological polar surface area (TPSA) is 36.2 Å². The first-order valence-corrected chi connectivity index (χ1v) is 3.40. The van der Waals surface area contributed by atoms with Crippen molar-refractivity contribution in [3.05, 3.63) is 12.2 Å². The van der Waals surface area contributed by atoms with Crippen molar-refractivity contribution in [1.82, 2.24) is 0 Å². The molecule has 0 aromatic heterocycles. The van der Waals surface area contributed by atoms with Crippen LogP contribution in [0.3, 0.4) is 0 Å². The van der Waals surface area contributed by atoms with Crippen molar-refractivity contribution in [3.63, 3.8) is 0 Å². The molecule has 0 amide bonds. The van der Waals surface area contributed by atoms with Crippen molar-refractivity contribution in [2.45, 2.75) is 20.3 Å². The lowest BCUT2D eigenvalue weighted by Gasteiger charge is -2.13. The van der Waals surface area contributed by atoms with Crippen LogP contribution in [0.1, 0.15) is 20.3 Å². The van der Waals surface area contributed by atoms with Crippen molar-refractivity contribution in [3.8, 4) is 0 Å². The van der Waals surface area contributed by atoms with E-state index in [0.717, 1.165) is 6.42 Å². The van der Waals surface area contributed by atoms with Gasteiger partial charge < -0.3 is 0 Å². The highest BCUT2D eigenvalue weighted by Crippen LogP contribution is 2.19. The van der Waals surface area contributed by atoms with Gasteiger partial charge in [0, 0.05) is 11.6 Å². The molecule has 0 aromatic carbocycles. The Balaban J connectivity index is 2.82. The molecular formula is C8H12N2. The average molecular weight is 136 g/mol. The Labute approximate surface area is 61.2 Å². The molecule has 0 bridgehead atoms. The lowest BCUT2D eigenvalue weighted by atomic mass is 9.91. The van der Waals surface area contributed by atoms with Gasteiger partial charge in [0.05, 0.1) is 0 Å². The zero-order chi connectivity index (χ0) is 7.61. The molecule has 1 aliphatic heterocycles. The quantitative estimate of drug-likeness (QED) is 0.529. The minimum Gasteiger partial charge on any atom is -0.283 e. The third kappa shape index (κ3) is 1.79. The molecule has 1 N–H and O–H groups in total. The molecule has 0 spiro atoms. The Hall–Kier alpha value is -0.920. The van der Waals surface area contributed by atoms with Crippen LogP contribution < -0.4 is 0 Å². The van der Waals surface area contributed by atoms with Gasteiger partial charge in [-0.25, -0.2) is 4.99 Å². The molecule has 0 fully saturated rings. The second kappa shape index (κ2) is 2.37. The summed E-state index contributed by atoms with van der Waals surface area (Å²) >= 11 is 0. The fourth-order valence-electron chi connectivity index (χ4n) is 0.814. The SMILES string of the molecule is CC1(C)C=NC(=N)C=CC1. The smallest absolute Gasteiger partial charge is 0.143 e. The van der Waals surface area contributed by atoms with E-state index < -0.39 is 0 Å². The van der Waals surface area contributed by atoms with Crippen LogP contribution in [-0.4, -0.2) is 12.1 Å². The zero-order valence-electron chi connectivity index (χ0n) is 6.39. The van der Waals surface area contributed by atoms with E-state index in [2.05, 4.69) is 18.8 Å². The van der Waals surface area contributed by atoms with Gasteiger partial charge in [-0.2, -0.15) is 0 Å². The number of nitrogens with one attached hydrogen (secondary N) is 1. The molecule has 0 saturated carbocycles. The molecule has 0 aromatic rings. The highest BCUT2D eigenvalue weighted by molar-refractivity contribution is 5.97. The van der Waals surface area contributed by atoms with Gasteiger partial charge in [-0.15, -0.1) is 0 Å². The van der Waals surface area contributed by atoms with E-state index in [1.807, 2.05) is 12.3 Å². The van der Waals surface area contributed by atoms with Gasteiger partial charge in [0.15, 0.2) is 0 Å². The van der Waals surface area contributed by atoms with Crippen molar-refractivity contribution in [2.75, 3.05) is 0 Å². The van der Waals surface area contributed by atoms with Crippen LogP contribution in [0.25, 0.3) is 0 Å². The molecule has 0 saturated heterocycles. The molecule has 0 aliphatic carbocycles. The molecule has 2 nitrogen and oxygen atoms in total. The number of aliphatic imine (C=N–C) groups is 1. The summed E-state index contributed by atoms with van der Waals surface area (Å²) in [7, 11) is 0. The van der Waals surface area contributed by atoms with Crippen molar-refractivity contribution >= 4 is 12.1 Å². The molecule has 10 heavy (non-hydrogen) atoms. The molecular weight excluding hydrogens is 124 g/mol. The van der Waals surface area contributed by atoms with Crippen molar-refractivity contribution in [2.24, 2.45) is 10.4 Å². The Morgan fingerprint density at radius 2 is 2.30 bits per heavy atom. The van der Waals surface area contributed by atoms with Crippen LogP contribution in [0.5, 0.6) is 0 Å². The monoisotopic (exact) mass is 136 g/mol. The Kier molecular flexibility index (Phi) is 1.70. The normalized spacial score (nSPS) is 22.8. The number of hydrogen-bond donors (Lipinski definition) is 1. The van der Waals surface area contributed by atoms with Crippen molar-refractivity contribution in [1.29, 1.82) is 5.41 Å². The highest BCUT2D eigenvalue weighted by atomic mass is 14.8. The van der Waals surface area contributed by atoms with Crippen LogP contribution in [0.4, 0.5) is 0 Å². The van der Waals surface area contributed by atoms with E-state index in [-0.39, 0.29) is 5.41 Å². The van der Waals surface area contributed by atoms with E-state index >= 15 is 0 Å². The lowest BCUT2D eigenvalue weighted by molar-refractivity contribution is 0.548. The summed E-state index contributed by atoms with van der Waals surface area (Å²) in [6.07, 6.45) is 6.55. The standard InChI is InChI=1S/C8H12N2/c1-8(2)5-3-4-7(9)10-6-8/h3-4,6,9H,5H2,1-2H3. The molecule has 1 aliphatic rings. The minimum atomic E-state index is 0.124. The second-order valence-corrected chi connectivity index (χ2v) is 3.24. The Morgan fingerprint density at radius 3 is 3.00 bits per heavy atom. The maximum absolute atomic E-state index is 7.22. The summed E-state index contributed by atoms with van der Waals surface area (Å²) in [5.41, 5.74) is 0.124. The largest absolute Gasteiger partial charge is 0.283 e. The minimum absolute atomic E-state index is 0.124. The van der Waals surface area contributed by atoms with E-state index in [0.29, 0.717) is 5.84 Å². The maximum atomic E-state index is 7.22. The van der Waals surface area contributed by atoms with Gasteiger partial charge in [-0.3, -0.25) is 5.41 Å². The molecule has 0 unspecified atom stereocenters. The first kappa shape index (κ1) is 7.19. The molecule has 0 atom stereocenters. The summed E-state index contributed by atoms with van der Waals surface area (Å²) < 4.78 is 0. The third-order valence-electron chi connectivity index (χ3n) is 1.47. The second-order valence-electron chi connectivity index (χ2n) is 3.24. The van der Waals surface area contributed by atoms with Gasteiger partial charge in [0.1, 0.15) is 5.84 Å². The van der Waals surface area contributed by atoms with Gasteiger partial charge >= 0.3 is 0 Å². The molecule has 1 heterocycles. The van der Waals surface area contributed by atoms with Gasteiger partial charge in [0.2, 0.25) is 0 Å². The number of rotatable bonds is 0. The third-order valence-corrected chi connectivity index (χ3v) is 1.47. The van der Waals surface area contributed by atoms with Gasteiger partial charge in [-0.1, -0.05) is 19.9 Å². The summed E-state index contributed by atoms with van der Waals surface area (Å²) in [6.45, 7) is 4.22. The summed E-state index contributed by atoms with van der Waals surface area (Å²) in [5, 5.41) is 7.22. The fourth-order valence-corrected chi connectivity index (χ4v) is 0.814. The summed E-state index contributed by atoms with van der Waals surface area (Å²) in [4.78, 5) is 3.95. The predicted octanol–water partition coefficient (Wildman–Crippen LogP) is 2.02. The summed E-state index contributed by atoms with van der Waals surface area (Å²) in [5.74, 6) is 0.352.